The van der Waals surface area contributed by atoms with E-state index in [1.807, 2.05) is 0 Å². The smallest absolute Gasteiger partial charge is 0.183 e. The molecule has 0 spiro atoms. The molecule has 0 aliphatic rings. The van der Waals surface area contributed by atoms with Crippen LogP contribution in [-0.2, 0) is 6.61 Å². The molecule has 2 aromatic rings. The number of aliphatic hydroxyl groups excluding tert-OH is 1. The minimum atomic E-state index is -0.649. The molecule has 5 heteroatoms. The summed E-state index contributed by atoms with van der Waals surface area (Å²) in [6, 6.07) is 8.42. The van der Waals surface area contributed by atoms with Crippen molar-refractivity contribution in [3.05, 3.63) is 64.2 Å². The van der Waals surface area contributed by atoms with Crippen LogP contribution in [0.3, 0.4) is 0 Å². The van der Waals surface area contributed by atoms with Gasteiger partial charge in [0.1, 0.15) is 19.0 Å². The van der Waals surface area contributed by atoms with Gasteiger partial charge < -0.3 is 9.84 Å². The molecule has 21 heavy (non-hydrogen) atoms. The fraction of sp³-hybridized carbons (Fsp3) is 0.125. The lowest BCUT2D eigenvalue weighted by Crippen LogP contribution is -2.00. The normalized spacial score (nSPS) is 9.90. The first kappa shape index (κ1) is 15.3. The van der Waals surface area contributed by atoms with Gasteiger partial charge in [0.05, 0.1) is 5.02 Å². The zero-order chi connectivity index (χ0) is 15.2. The molecule has 2 nitrogen and oxygen atoms in total. The van der Waals surface area contributed by atoms with Crippen LogP contribution in [0.15, 0.2) is 36.4 Å². The Kier molecular flexibility index (Phi) is 5.15. The molecular weight excluding hydrogens is 298 g/mol. The minimum Gasteiger partial charge on any atom is -0.486 e. The lowest BCUT2D eigenvalue weighted by molar-refractivity contribution is 0.290. The van der Waals surface area contributed by atoms with Gasteiger partial charge in [-0.1, -0.05) is 35.6 Å². The van der Waals surface area contributed by atoms with Gasteiger partial charge in [-0.3, -0.25) is 0 Å². The monoisotopic (exact) mass is 308 g/mol. The first-order chi connectivity index (χ1) is 10.1. The van der Waals surface area contributed by atoms with Crippen LogP contribution in [0, 0.1) is 23.5 Å². The maximum atomic E-state index is 13.7. The summed E-state index contributed by atoms with van der Waals surface area (Å²) in [6.07, 6.45) is 0. The van der Waals surface area contributed by atoms with Crippen LogP contribution in [0.5, 0.6) is 5.75 Å². The summed E-state index contributed by atoms with van der Waals surface area (Å²) in [7, 11) is 0. The van der Waals surface area contributed by atoms with E-state index >= 15 is 0 Å². The van der Waals surface area contributed by atoms with Gasteiger partial charge in [0.2, 0.25) is 0 Å². The van der Waals surface area contributed by atoms with Gasteiger partial charge in [0.15, 0.2) is 11.6 Å². The quantitative estimate of drug-likeness (QED) is 0.879. The maximum absolute atomic E-state index is 13.7. The van der Waals surface area contributed by atoms with Gasteiger partial charge in [0, 0.05) is 11.1 Å². The first-order valence-electron chi connectivity index (χ1n) is 6.07. The van der Waals surface area contributed by atoms with Crippen LogP contribution < -0.4 is 4.74 Å². The molecule has 0 aliphatic carbocycles. The zero-order valence-corrected chi connectivity index (χ0v) is 11.6. The van der Waals surface area contributed by atoms with E-state index < -0.39 is 11.6 Å². The molecule has 0 amide bonds. The molecule has 2 aromatic carbocycles. The summed E-state index contributed by atoms with van der Waals surface area (Å²) >= 11 is 5.66. The molecule has 0 unspecified atom stereocenters. The Morgan fingerprint density at radius 3 is 2.76 bits per heavy atom. The van der Waals surface area contributed by atoms with Crippen molar-refractivity contribution in [1.29, 1.82) is 0 Å². The van der Waals surface area contributed by atoms with Crippen LogP contribution in [0.1, 0.15) is 11.1 Å². The Labute approximate surface area is 125 Å². The predicted molar refractivity (Wildman–Crippen MR) is 76.1 cm³/mol. The van der Waals surface area contributed by atoms with Crippen LogP contribution in [0.4, 0.5) is 8.78 Å². The van der Waals surface area contributed by atoms with E-state index in [2.05, 4.69) is 11.8 Å². The predicted octanol–water partition coefficient (Wildman–Crippen LogP) is 3.54. The van der Waals surface area contributed by atoms with Gasteiger partial charge in [-0.05, 0) is 24.3 Å². The summed E-state index contributed by atoms with van der Waals surface area (Å²) in [6.45, 7) is -0.327. The van der Waals surface area contributed by atoms with E-state index in [0.717, 1.165) is 0 Å². The average molecular weight is 309 g/mol. The minimum absolute atomic E-state index is 0.00693. The zero-order valence-electron chi connectivity index (χ0n) is 10.9. The van der Waals surface area contributed by atoms with E-state index in [1.54, 1.807) is 6.07 Å². The van der Waals surface area contributed by atoms with Crippen molar-refractivity contribution >= 4 is 11.6 Å². The number of ether oxygens (including phenoxy) is 1. The third-order valence-corrected chi connectivity index (χ3v) is 2.97. The Bertz CT molecular complexity index is 705. The summed E-state index contributed by atoms with van der Waals surface area (Å²) < 4.78 is 32.3. The average Bonchev–Trinajstić information content (AvgIpc) is 2.48. The second-order valence-corrected chi connectivity index (χ2v) is 4.51. The molecule has 0 saturated heterocycles. The van der Waals surface area contributed by atoms with Gasteiger partial charge in [-0.25, -0.2) is 8.78 Å². The molecular formula is C16H11ClF2O2. The molecule has 0 bridgehead atoms. The summed E-state index contributed by atoms with van der Waals surface area (Å²) in [5, 5.41) is 8.66. The summed E-state index contributed by atoms with van der Waals surface area (Å²) in [5.41, 5.74) is 0.961. The van der Waals surface area contributed by atoms with Crippen molar-refractivity contribution in [3.63, 3.8) is 0 Å². The van der Waals surface area contributed by atoms with E-state index in [4.69, 9.17) is 21.4 Å². The van der Waals surface area contributed by atoms with Crippen molar-refractivity contribution in [2.24, 2.45) is 0 Å². The number of hydrogen-bond acceptors (Lipinski definition) is 2. The van der Waals surface area contributed by atoms with Crippen molar-refractivity contribution in [2.75, 3.05) is 6.61 Å². The van der Waals surface area contributed by atoms with Gasteiger partial charge in [0.25, 0.3) is 0 Å². The van der Waals surface area contributed by atoms with E-state index in [-0.39, 0.29) is 24.0 Å². The fourth-order valence-electron chi connectivity index (χ4n) is 1.68. The Morgan fingerprint density at radius 1 is 1.19 bits per heavy atom. The standard InChI is InChI=1S/C16H11ClF2O2/c17-14-4-1-5-15(16(14)19)21-10-12-6-7-13(18)9-11(12)3-2-8-20/h1,4-7,9,20H,8,10H2. The topological polar surface area (TPSA) is 29.5 Å². The lowest BCUT2D eigenvalue weighted by atomic mass is 10.1. The molecule has 0 aromatic heterocycles. The summed E-state index contributed by atoms with van der Waals surface area (Å²) in [4.78, 5) is 0. The lowest BCUT2D eigenvalue weighted by Gasteiger charge is -2.09. The van der Waals surface area contributed by atoms with E-state index in [1.165, 1.54) is 30.3 Å². The molecule has 0 aliphatic heterocycles. The highest BCUT2D eigenvalue weighted by Crippen LogP contribution is 2.25. The van der Waals surface area contributed by atoms with E-state index in [9.17, 15) is 8.78 Å². The molecule has 0 heterocycles. The van der Waals surface area contributed by atoms with Crippen LogP contribution >= 0.6 is 11.6 Å². The Hall–Kier alpha value is -2.09. The van der Waals surface area contributed by atoms with Gasteiger partial charge >= 0.3 is 0 Å². The molecule has 0 fully saturated rings. The van der Waals surface area contributed by atoms with Crippen molar-refractivity contribution in [2.45, 2.75) is 6.61 Å². The van der Waals surface area contributed by atoms with Crippen molar-refractivity contribution in [3.8, 4) is 17.6 Å². The fourth-order valence-corrected chi connectivity index (χ4v) is 1.84. The van der Waals surface area contributed by atoms with Crippen LogP contribution in [-0.4, -0.2) is 11.7 Å². The van der Waals surface area contributed by atoms with Crippen LogP contribution in [0.2, 0.25) is 5.02 Å². The Morgan fingerprint density at radius 2 is 2.00 bits per heavy atom. The van der Waals surface area contributed by atoms with E-state index in [0.29, 0.717) is 11.1 Å². The van der Waals surface area contributed by atoms with Gasteiger partial charge in [-0.15, -0.1) is 0 Å². The number of halogens is 3. The highest BCUT2D eigenvalue weighted by Gasteiger charge is 2.09. The highest BCUT2D eigenvalue weighted by molar-refractivity contribution is 6.30. The van der Waals surface area contributed by atoms with Crippen LogP contribution in [0.25, 0.3) is 0 Å². The number of rotatable bonds is 3. The summed E-state index contributed by atoms with van der Waals surface area (Å²) in [5.74, 6) is 3.97. The van der Waals surface area contributed by atoms with Crippen molar-refractivity contribution in [1.82, 2.24) is 0 Å². The molecule has 0 radical (unpaired) electrons. The van der Waals surface area contributed by atoms with Crippen molar-refractivity contribution < 1.29 is 18.6 Å². The first-order valence-corrected chi connectivity index (χ1v) is 6.44. The highest BCUT2D eigenvalue weighted by atomic mass is 35.5. The second kappa shape index (κ2) is 7.07. The SMILES string of the molecule is OCC#Cc1cc(F)ccc1COc1cccc(Cl)c1F. The number of benzene rings is 2. The maximum Gasteiger partial charge on any atom is 0.183 e. The third kappa shape index (κ3) is 3.94. The molecule has 1 N–H and O–H groups in total. The third-order valence-electron chi connectivity index (χ3n) is 2.67. The number of hydrogen-bond donors (Lipinski definition) is 1. The number of aliphatic hydroxyl groups is 1. The molecule has 0 saturated carbocycles. The second-order valence-electron chi connectivity index (χ2n) is 4.10. The largest absolute Gasteiger partial charge is 0.486 e. The Balaban J connectivity index is 2.22. The van der Waals surface area contributed by atoms with Gasteiger partial charge in [-0.2, -0.15) is 0 Å². The molecule has 0 atom stereocenters. The molecule has 108 valence electrons. The molecule has 2 rings (SSSR count).